The van der Waals surface area contributed by atoms with Gasteiger partial charge in [-0.3, -0.25) is 0 Å². The molecule has 0 bridgehead atoms. The molecule has 0 aromatic heterocycles. The highest BCUT2D eigenvalue weighted by atomic mass is 16.5. The molecule has 16 heavy (non-hydrogen) atoms. The van der Waals surface area contributed by atoms with Gasteiger partial charge in [-0.1, -0.05) is 37.3 Å². The van der Waals surface area contributed by atoms with Crippen molar-refractivity contribution in [2.75, 3.05) is 0 Å². The van der Waals surface area contributed by atoms with Crippen LogP contribution < -0.4 is 5.73 Å². The van der Waals surface area contributed by atoms with E-state index in [2.05, 4.69) is 31.2 Å². The molecule has 88 valence electrons. The van der Waals surface area contributed by atoms with Gasteiger partial charge in [-0.2, -0.15) is 0 Å². The first kappa shape index (κ1) is 11.6. The minimum absolute atomic E-state index is 0.381. The molecule has 0 aliphatic heterocycles. The summed E-state index contributed by atoms with van der Waals surface area (Å²) in [6, 6.07) is 10.7. The second-order valence-electron chi connectivity index (χ2n) is 4.89. The summed E-state index contributed by atoms with van der Waals surface area (Å²) in [6.45, 7) is 2.97. The van der Waals surface area contributed by atoms with Crippen molar-refractivity contribution in [3.8, 4) is 0 Å². The van der Waals surface area contributed by atoms with Crippen LogP contribution in [0.3, 0.4) is 0 Å². The van der Waals surface area contributed by atoms with Crippen molar-refractivity contribution >= 4 is 0 Å². The molecule has 1 aromatic rings. The first-order valence-electron chi connectivity index (χ1n) is 6.17. The van der Waals surface area contributed by atoms with Crippen LogP contribution in [0, 0.1) is 5.92 Å². The Morgan fingerprint density at radius 1 is 1.25 bits per heavy atom. The second kappa shape index (κ2) is 5.46. The van der Waals surface area contributed by atoms with E-state index in [0.717, 1.165) is 25.9 Å². The van der Waals surface area contributed by atoms with Crippen LogP contribution >= 0.6 is 0 Å². The van der Waals surface area contributed by atoms with Crippen LogP contribution in [-0.2, 0) is 11.3 Å². The highest BCUT2D eigenvalue weighted by Crippen LogP contribution is 2.26. The van der Waals surface area contributed by atoms with Crippen LogP contribution in [0.5, 0.6) is 0 Å². The Bertz CT molecular complexity index is 312. The van der Waals surface area contributed by atoms with Gasteiger partial charge in [-0.15, -0.1) is 0 Å². The van der Waals surface area contributed by atoms with Gasteiger partial charge in [0.05, 0.1) is 12.7 Å². The van der Waals surface area contributed by atoms with E-state index in [9.17, 15) is 0 Å². The molecule has 0 saturated heterocycles. The normalized spacial score (nSPS) is 30.2. The Labute approximate surface area is 97.8 Å². The van der Waals surface area contributed by atoms with Crippen LogP contribution in [-0.4, -0.2) is 12.1 Å². The molecule has 0 spiro atoms. The summed E-state index contributed by atoms with van der Waals surface area (Å²) >= 11 is 0. The summed E-state index contributed by atoms with van der Waals surface area (Å²) in [5, 5.41) is 0. The Balaban J connectivity index is 1.82. The molecule has 2 nitrogen and oxygen atoms in total. The molecule has 1 aliphatic rings. The smallest absolute Gasteiger partial charge is 0.0720 e. The van der Waals surface area contributed by atoms with Gasteiger partial charge >= 0.3 is 0 Å². The lowest BCUT2D eigenvalue weighted by Crippen LogP contribution is -2.36. The number of ether oxygens (including phenoxy) is 1. The van der Waals surface area contributed by atoms with Gasteiger partial charge in [-0.05, 0) is 30.7 Å². The molecule has 1 aliphatic carbocycles. The van der Waals surface area contributed by atoms with Gasteiger partial charge in [0.25, 0.3) is 0 Å². The van der Waals surface area contributed by atoms with Crippen LogP contribution in [0.2, 0.25) is 0 Å². The Hall–Kier alpha value is -0.860. The summed E-state index contributed by atoms with van der Waals surface area (Å²) in [6.07, 6.45) is 3.69. The SMILES string of the molecule is CC1CC(N)CCC1OCc1ccccc1. The molecule has 3 atom stereocenters. The molecular weight excluding hydrogens is 198 g/mol. The summed E-state index contributed by atoms with van der Waals surface area (Å²) in [5.41, 5.74) is 7.19. The maximum atomic E-state index is 5.97. The van der Waals surface area contributed by atoms with Gasteiger partial charge in [0.2, 0.25) is 0 Å². The maximum Gasteiger partial charge on any atom is 0.0720 e. The van der Waals surface area contributed by atoms with E-state index in [4.69, 9.17) is 10.5 Å². The van der Waals surface area contributed by atoms with Gasteiger partial charge in [0.15, 0.2) is 0 Å². The molecule has 1 fully saturated rings. The fourth-order valence-electron chi connectivity index (χ4n) is 2.44. The Kier molecular flexibility index (Phi) is 3.97. The zero-order valence-electron chi connectivity index (χ0n) is 9.93. The number of hydrogen-bond acceptors (Lipinski definition) is 2. The minimum atomic E-state index is 0.381. The molecular formula is C14H21NO. The van der Waals surface area contributed by atoms with Crippen LogP contribution in [0.1, 0.15) is 31.7 Å². The molecule has 1 saturated carbocycles. The van der Waals surface area contributed by atoms with Crippen molar-refractivity contribution in [2.24, 2.45) is 11.7 Å². The van der Waals surface area contributed by atoms with E-state index in [1.807, 2.05) is 6.07 Å². The predicted octanol–water partition coefficient (Wildman–Crippen LogP) is 2.72. The average molecular weight is 219 g/mol. The molecule has 2 heteroatoms. The average Bonchev–Trinajstić information content (AvgIpc) is 2.29. The number of hydrogen-bond donors (Lipinski definition) is 1. The fourth-order valence-corrected chi connectivity index (χ4v) is 2.44. The molecule has 2 rings (SSSR count). The van der Waals surface area contributed by atoms with Crippen LogP contribution in [0.15, 0.2) is 30.3 Å². The summed E-state index contributed by atoms with van der Waals surface area (Å²) in [5.74, 6) is 0.590. The first-order valence-corrected chi connectivity index (χ1v) is 6.17. The zero-order chi connectivity index (χ0) is 11.4. The molecule has 0 radical (unpaired) electrons. The second-order valence-corrected chi connectivity index (χ2v) is 4.89. The maximum absolute atomic E-state index is 5.97. The van der Waals surface area contributed by atoms with Gasteiger partial charge in [0.1, 0.15) is 0 Å². The largest absolute Gasteiger partial charge is 0.373 e. The predicted molar refractivity (Wildman–Crippen MR) is 66.0 cm³/mol. The van der Waals surface area contributed by atoms with Gasteiger partial charge < -0.3 is 10.5 Å². The standard InChI is InChI=1S/C14H21NO/c1-11-9-13(15)7-8-14(11)16-10-12-5-3-2-4-6-12/h2-6,11,13-14H,7-10,15H2,1H3. The summed E-state index contributed by atoms with van der Waals surface area (Å²) in [7, 11) is 0. The zero-order valence-corrected chi connectivity index (χ0v) is 9.93. The lowest BCUT2D eigenvalue weighted by Gasteiger charge is -2.32. The van der Waals surface area contributed by atoms with Crippen molar-refractivity contribution in [1.29, 1.82) is 0 Å². The summed E-state index contributed by atoms with van der Waals surface area (Å²) < 4.78 is 5.97. The molecule has 3 unspecified atom stereocenters. The third-order valence-corrected chi connectivity index (χ3v) is 3.44. The fraction of sp³-hybridized carbons (Fsp3) is 0.571. The van der Waals surface area contributed by atoms with Crippen molar-refractivity contribution < 1.29 is 4.74 Å². The van der Waals surface area contributed by atoms with Crippen LogP contribution in [0.25, 0.3) is 0 Å². The highest BCUT2D eigenvalue weighted by molar-refractivity contribution is 5.13. The molecule has 2 N–H and O–H groups in total. The number of rotatable bonds is 3. The third kappa shape index (κ3) is 3.06. The quantitative estimate of drug-likeness (QED) is 0.848. The molecule has 1 aromatic carbocycles. The van der Waals surface area contributed by atoms with Gasteiger partial charge in [0, 0.05) is 6.04 Å². The topological polar surface area (TPSA) is 35.2 Å². The lowest BCUT2D eigenvalue weighted by atomic mass is 9.85. The van der Waals surface area contributed by atoms with Crippen molar-refractivity contribution in [3.05, 3.63) is 35.9 Å². The van der Waals surface area contributed by atoms with E-state index in [1.54, 1.807) is 0 Å². The van der Waals surface area contributed by atoms with Crippen molar-refractivity contribution in [3.63, 3.8) is 0 Å². The molecule has 0 heterocycles. The lowest BCUT2D eigenvalue weighted by molar-refractivity contribution is -0.0190. The van der Waals surface area contributed by atoms with E-state index in [1.165, 1.54) is 5.56 Å². The monoisotopic (exact) mass is 219 g/mol. The van der Waals surface area contributed by atoms with E-state index in [0.29, 0.717) is 18.1 Å². The van der Waals surface area contributed by atoms with E-state index >= 15 is 0 Å². The molecule has 0 amide bonds. The number of benzene rings is 1. The third-order valence-electron chi connectivity index (χ3n) is 3.44. The Morgan fingerprint density at radius 2 is 2.00 bits per heavy atom. The number of nitrogens with two attached hydrogens (primary N) is 1. The highest BCUT2D eigenvalue weighted by Gasteiger charge is 2.25. The Morgan fingerprint density at radius 3 is 2.69 bits per heavy atom. The van der Waals surface area contributed by atoms with Gasteiger partial charge in [-0.25, -0.2) is 0 Å². The van der Waals surface area contributed by atoms with E-state index in [-0.39, 0.29) is 0 Å². The first-order chi connectivity index (χ1) is 7.75. The van der Waals surface area contributed by atoms with Crippen LogP contribution in [0.4, 0.5) is 0 Å². The minimum Gasteiger partial charge on any atom is -0.373 e. The van der Waals surface area contributed by atoms with E-state index < -0.39 is 0 Å². The summed E-state index contributed by atoms with van der Waals surface area (Å²) in [4.78, 5) is 0. The van der Waals surface area contributed by atoms with Crippen molar-refractivity contribution in [1.82, 2.24) is 0 Å². The van der Waals surface area contributed by atoms with Crippen molar-refractivity contribution in [2.45, 2.75) is 44.9 Å².